The zero-order valence-corrected chi connectivity index (χ0v) is 17.7. The predicted molar refractivity (Wildman–Crippen MR) is 124 cm³/mol. The fraction of sp³-hybridized carbons (Fsp3) is 0.292. The first-order valence-electron chi connectivity index (χ1n) is 10.8. The largest absolute Gasteiger partial charge is 0.384 e. The number of pyridine rings is 1. The molecule has 3 N–H and O–H groups in total. The van der Waals surface area contributed by atoms with Crippen molar-refractivity contribution in [1.82, 2.24) is 15.0 Å². The SMILES string of the molecule is N#Cc1cnc(Nc2cc(NCC3CCCCC3)c(C(=O)Nc3ccccc3)cn2)cn1. The normalized spacial score (nSPS) is 13.7. The van der Waals surface area contributed by atoms with E-state index in [0.717, 1.165) is 12.2 Å². The molecule has 0 bridgehead atoms. The molecule has 1 fully saturated rings. The molecule has 8 nitrogen and oxygen atoms in total. The van der Waals surface area contributed by atoms with Crippen molar-refractivity contribution in [3.05, 3.63) is 66.2 Å². The third-order valence-corrected chi connectivity index (χ3v) is 5.51. The molecule has 1 aromatic carbocycles. The van der Waals surface area contributed by atoms with Gasteiger partial charge in [-0.2, -0.15) is 5.26 Å². The van der Waals surface area contributed by atoms with E-state index in [2.05, 4.69) is 30.9 Å². The van der Waals surface area contributed by atoms with Gasteiger partial charge in [0.05, 0.1) is 23.6 Å². The Morgan fingerprint density at radius 2 is 1.78 bits per heavy atom. The van der Waals surface area contributed by atoms with Crippen molar-refractivity contribution in [2.75, 3.05) is 22.5 Å². The van der Waals surface area contributed by atoms with Crippen molar-refractivity contribution in [3.8, 4) is 6.07 Å². The number of carbonyl (C=O) groups is 1. The molecular weight excluding hydrogens is 402 g/mol. The van der Waals surface area contributed by atoms with Crippen LogP contribution in [0.25, 0.3) is 0 Å². The Bertz CT molecular complexity index is 1090. The van der Waals surface area contributed by atoms with E-state index >= 15 is 0 Å². The number of rotatable bonds is 7. The fourth-order valence-electron chi connectivity index (χ4n) is 3.80. The van der Waals surface area contributed by atoms with Crippen molar-refractivity contribution in [1.29, 1.82) is 5.26 Å². The Labute approximate surface area is 187 Å². The lowest BCUT2D eigenvalue weighted by molar-refractivity contribution is 0.102. The molecule has 8 heteroatoms. The van der Waals surface area contributed by atoms with Gasteiger partial charge in [-0.3, -0.25) is 4.79 Å². The van der Waals surface area contributed by atoms with Gasteiger partial charge in [-0.05, 0) is 30.9 Å². The van der Waals surface area contributed by atoms with Crippen molar-refractivity contribution in [2.24, 2.45) is 5.92 Å². The van der Waals surface area contributed by atoms with Crippen LogP contribution in [-0.2, 0) is 0 Å². The standard InChI is InChI=1S/C24H25N7O/c25-12-19-14-28-23(16-26-19)31-22-11-21(27-13-17-7-3-1-4-8-17)20(15-29-22)24(32)30-18-9-5-2-6-10-18/h2,5-6,9-11,14-17H,1,3-4,7-8,13H2,(H,30,32)(H2,27,28,29,31). The highest BCUT2D eigenvalue weighted by Crippen LogP contribution is 2.26. The number of amides is 1. The molecule has 1 aliphatic carbocycles. The van der Waals surface area contributed by atoms with Gasteiger partial charge in [-0.15, -0.1) is 0 Å². The molecule has 4 rings (SSSR count). The lowest BCUT2D eigenvalue weighted by Gasteiger charge is -2.23. The summed E-state index contributed by atoms with van der Waals surface area (Å²) >= 11 is 0. The Morgan fingerprint density at radius 1 is 1.00 bits per heavy atom. The average Bonchev–Trinajstić information content (AvgIpc) is 2.84. The van der Waals surface area contributed by atoms with Crippen LogP contribution in [0.15, 0.2) is 55.0 Å². The molecule has 1 amide bonds. The van der Waals surface area contributed by atoms with Crippen LogP contribution < -0.4 is 16.0 Å². The highest BCUT2D eigenvalue weighted by molar-refractivity contribution is 6.08. The lowest BCUT2D eigenvalue weighted by Crippen LogP contribution is -2.20. The highest BCUT2D eigenvalue weighted by Gasteiger charge is 2.17. The van der Waals surface area contributed by atoms with Gasteiger partial charge in [-0.25, -0.2) is 15.0 Å². The van der Waals surface area contributed by atoms with E-state index in [1.54, 1.807) is 6.20 Å². The van der Waals surface area contributed by atoms with Gasteiger partial charge in [0.1, 0.15) is 17.7 Å². The molecular formula is C24H25N7O. The van der Waals surface area contributed by atoms with Gasteiger partial charge in [-0.1, -0.05) is 37.5 Å². The van der Waals surface area contributed by atoms with E-state index in [4.69, 9.17) is 5.26 Å². The summed E-state index contributed by atoms with van der Waals surface area (Å²) in [6.07, 6.45) is 10.7. The van der Waals surface area contributed by atoms with Crippen molar-refractivity contribution < 1.29 is 4.79 Å². The first kappa shape index (κ1) is 21.2. The zero-order chi connectivity index (χ0) is 22.2. The molecule has 162 valence electrons. The summed E-state index contributed by atoms with van der Waals surface area (Å²) in [7, 11) is 0. The molecule has 0 saturated heterocycles. The summed E-state index contributed by atoms with van der Waals surface area (Å²) in [4.78, 5) is 25.5. The molecule has 0 unspecified atom stereocenters. The maximum Gasteiger partial charge on any atom is 0.259 e. The third-order valence-electron chi connectivity index (χ3n) is 5.51. The molecule has 2 heterocycles. The number of nitrogens with one attached hydrogen (secondary N) is 3. The minimum Gasteiger partial charge on any atom is -0.384 e. The second kappa shape index (κ2) is 10.4. The van der Waals surface area contributed by atoms with Crippen LogP contribution in [0.2, 0.25) is 0 Å². The Kier molecular flexibility index (Phi) is 6.88. The van der Waals surface area contributed by atoms with Crippen LogP contribution >= 0.6 is 0 Å². The third kappa shape index (κ3) is 5.58. The zero-order valence-electron chi connectivity index (χ0n) is 17.7. The van der Waals surface area contributed by atoms with E-state index in [1.807, 2.05) is 42.5 Å². The van der Waals surface area contributed by atoms with Crippen LogP contribution in [0.5, 0.6) is 0 Å². The number of carbonyl (C=O) groups excluding carboxylic acids is 1. The maximum absolute atomic E-state index is 13.0. The molecule has 0 radical (unpaired) electrons. The van der Waals surface area contributed by atoms with Crippen LogP contribution in [0.3, 0.4) is 0 Å². The molecule has 1 saturated carbocycles. The number of aromatic nitrogens is 3. The molecule has 2 aromatic heterocycles. The first-order valence-corrected chi connectivity index (χ1v) is 10.8. The topological polar surface area (TPSA) is 116 Å². The number of hydrogen-bond acceptors (Lipinski definition) is 7. The number of nitriles is 1. The number of nitrogens with zero attached hydrogens (tertiary/aromatic N) is 4. The second-order valence-corrected chi connectivity index (χ2v) is 7.84. The van der Waals surface area contributed by atoms with Crippen molar-refractivity contribution >= 4 is 28.9 Å². The van der Waals surface area contributed by atoms with Gasteiger partial charge in [0.15, 0.2) is 5.69 Å². The van der Waals surface area contributed by atoms with Gasteiger partial charge in [0.25, 0.3) is 5.91 Å². The molecule has 0 aliphatic heterocycles. The van der Waals surface area contributed by atoms with Gasteiger partial charge >= 0.3 is 0 Å². The molecule has 0 spiro atoms. The quantitative estimate of drug-likeness (QED) is 0.499. The van der Waals surface area contributed by atoms with E-state index in [-0.39, 0.29) is 11.6 Å². The first-order chi connectivity index (χ1) is 15.7. The van der Waals surface area contributed by atoms with Gasteiger partial charge < -0.3 is 16.0 Å². The monoisotopic (exact) mass is 427 g/mol. The lowest BCUT2D eigenvalue weighted by atomic mass is 9.89. The maximum atomic E-state index is 13.0. The molecule has 1 aliphatic rings. The summed E-state index contributed by atoms with van der Waals surface area (Å²) in [5.41, 5.74) is 2.15. The Hall–Kier alpha value is -3.99. The Balaban J connectivity index is 1.54. The number of hydrogen-bond donors (Lipinski definition) is 3. The minimum absolute atomic E-state index is 0.223. The molecule has 32 heavy (non-hydrogen) atoms. The predicted octanol–water partition coefficient (Wildman–Crippen LogP) is 4.73. The van der Waals surface area contributed by atoms with Crippen LogP contribution in [0.1, 0.15) is 48.2 Å². The van der Waals surface area contributed by atoms with Crippen LogP contribution in [0.4, 0.5) is 23.0 Å². The fourth-order valence-corrected chi connectivity index (χ4v) is 3.80. The van der Waals surface area contributed by atoms with Crippen LogP contribution in [-0.4, -0.2) is 27.4 Å². The molecule has 0 atom stereocenters. The van der Waals surface area contributed by atoms with Crippen LogP contribution in [0, 0.1) is 17.2 Å². The minimum atomic E-state index is -0.223. The number of benzene rings is 1. The van der Waals surface area contributed by atoms with Gasteiger partial charge in [0.2, 0.25) is 0 Å². The van der Waals surface area contributed by atoms with E-state index < -0.39 is 0 Å². The summed E-state index contributed by atoms with van der Waals surface area (Å²) < 4.78 is 0. The van der Waals surface area contributed by atoms with E-state index in [1.165, 1.54) is 44.5 Å². The Morgan fingerprint density at radius 3 is 2.50 bits per heavy atom. The summed E-state index contributed by atoms with van der Waals surface area (Å²) in [6.45, 7) is 0.811. The second-order valence-electron chi connectivity index (χ2n) is 7.84. The van der Waals surface area contributed by atoms with Crippen molar-refractivity contribution in [3.63, 3.8) is 0 Å². The summed E-state index contributed by atoms with van der Waals surface area (Å²) in [5, 5.41) is 18.4. The molecule has 3 aromatic rings. The average molecular weight is 428 g/mol. The summed E-state index contributed by atoms with van der Waals surface area (Å²) in [5.74, 6) is 1.38. The van der Waals surface area contributed by atoms with E-state index in [9.17, 15) is 4.79 Å². The summed E-state index contributed by atoms with van der Waals surface area (Å²) in [6, 6.07) is 13.1. The smallest absolute Gasteiger partial charge is 0.259 e. The number of para-hydroxylation sites is 1. The highest BCUT2D eigenvalue weighted by atomic mass is 16.1. The van der Waals surface area contributed by atoms with Crippen molar-refractivity contribution in [2.45, 2.75) is 32.1 Å². The van der Waals surface area contributed by atoms with E-state index in [0.29, 0.717) is 28.8 Å². The van der Waals surface area contributed by atoms with Gasteiger partial charge in [0, 0.05) is 24.5 Å². The number of anilines is 4.